The minimum atomic E-state index is -0.502. The van der Waals surface area contributed by atoms with E-state index in [1.54, 1.807) is 6.07 Å². The van der Waals surface area contributed by atoms with E-state index in [4.69, 9.17) is 10.8 Å². The van der Waals surface area contributed by atoms with Crippen LogP contribution in [0.5, 0.6) is 0 Å². The second kappa shape index (κ2) is 6.50. The molecule has 0 heterocycles. The van der Waals surface area contributed by atoms with Crippen molar-refractivity contribution in [2.45, 2.75) is 12.5 Å². The minimum absolute atomic E-state index is 0.213. The fourth-order valence-corrected chi connectivity index (χ4v) is 1.28. The van der Waals surface area contributed by atoms with Crippen molar-refractivity contribution in [3.63, 3.8) is 0 Å². The predicted octanol–water partition coefficient (Wildman–Crippen LogP) is 0.277. The number of rotatable bonds is 6. The van der Waals surface area contributed by atoms with E-state index < -0.39 is 6.10 Å². The van der Waals surface area contributed by atoms with Crippen LogP contribution in [0, 0.1) is 5.82 Å². The largest absolute Gasteiger partial charge is 0.390 e. The smallest absolute Gasteiger partial charge is 0.123 e. The lowest BCUT2D eigenvalue weighted by Crippen LogP contribution is -2.33. The molecular weight excluding hydrogens is 195 g/mol. The fourth-order valence-electron chi connectivity index (χ4n) is 1.28. The summed E-state index contributed by atoms with van der Waals surface area (Å²) in [7, 11) is 0. The Kier molecular flexibility index (Phi) is 5.25. The Bertz CT molecular complexity index is 294. The molecule has 0 aromatic heterocycles. The Balaban J connectivity index is 2.20. The fraction of sp³-hybridized carbons (Fsp3) is 0.455. The predicted molar refractivity (Wildman–Crippen MR) is 58.0 cm³/mol. The van der Waals surface area contributed by atoms with Crippen molar-refractivity contribution < 1.29 is 9.50 Å². The number of benzene rings is 1. The van der Waals surface area contributed by atoms with E-state index in [0.717, 1.165) is 12.0 Å². The molecule has 3 nitrogen and oxygen atoms in total. The molecule has 1 rings (SSSR count). The first kappa shape index (κ1) is 12.1. The van der Waals surface area contributed by atoms with E-state index in [2.05, 4.69) is 5.32 Å². The van der Waals surface area contributed by atoms with Crippen LogP contribution in [-0.4, -0.2) is 30.8 Å². The molecule has 0 fully saturated rings. The zero-order valence-corrected chi connectivity index (χ0v) is 8.62. The number of nitrogens with one attached hydrogen (secondary N) is 1. The third-order valence-corrected chi connectivity index (χ3v) is 2.13. The van der Waals surface area contributed by atoms with Gasteiger partial charge in [0.15, 0.2) is 0 Å². The SMILES string of the molecule is NCC(O)CNCCc1cccc(F)c1. The lowest BCUT2D eigenvalue weighted by atomic mass is 10.1. The number of hydrogen-bond acceptors (Lipinski definition) is 3. The van der Waals surface area contributed by atoms with Gasteiger partial charge in [0.1, 0.15) is 5.82 Å². The van der Waals surface area contributed by atoms with Crippen LogP contribution in [0.15, 0.2) is 24.3 Å². The monoisotopic (exact) mass is 212 g/mol. The van der Waals surface area contributed by atoms with Crippen LogP contribution in [0.1, 0.15) is 5.56 Å². The molecule has 1 atom stereocenters. The standard InChI is InChI=1S/C11H17FN2O/c12-10-3-1-2-9(6-10)4-5-14-8-11(15)7-13/h1-3,6,11,14-15H,4-5,7-8,13H2. The van der Waals surface area contributed by atoms with E-state index >= 15 is 0 Å². The molecule has 84 valence electrons. The van der Waals surface area contributed by atoms with Crippen LogP contribution in [0.2, 0.25) is 0 Å². The molecule has 4 N–H and O–H groups in total. The maximum atomic E-state index is 12.8. The van der Waals surface area contributed by atoms with Gasteiger partial charge in [-0.2, -0.15) is 0 Å². The van der Waals surface area contributed by atoms with Crippen LogP contribution in [0.4, 0.5) is 4.39 Å². The minimum Gasteiger partial charge on any atom is -0.390 e. The zero-order chi connectivity index (χ0) is 11.1. The van der Waals surface area contributed by atoms with E-state index in [0.29, 0.717) is 13.1 Å². The molecule has 1 unspecified atom stereocenters. The van der Waals surface area contributed by atoms with Crippen molar-refractivity contribution in [1.29, 1.82) is 0 Å². The molecule has 0 saturated carbocycles. The summed E-state index contributed by atoms with van der Waals surface area (Å²) >= 11 is 0. The normalized spacial score (nSPS) is 12.7. The first-order chi connectivity index (χ1) is 7.22. The summed E-state index contributed by atoms with van der Waals surface area (Å²) in [6.45, 7) is 1.44. The van der Waals surface area contributed by atoms with Gasteiger partial charge in [0.2, 0.25) is 0 Å². The summed E-state index contributed by atoms with van der Waals surface area (Å²) in [5, 5.41) is 12.2. The topological polar surface area (TPSA) is 58.3 Å². The molecule has 15 heavy (non-hydrogen) atoms. The average Bonchev–Trinajstić information content (AvgIpc) is 2.24. The Morgan fingerprint density at radius 2 is 2.27 bits per heavy atom. The lowest BCUT2D eigenvalue weighted by Gasteiger charge is -2.09. The molecule has 0 amide bonds. The quantitative estimate of drug-likeness (QED) is 0.593. The van der Waals surface area contributed by atoms with Crippen molar-refractivity contribution in [2.75, 3.05) is 19.6 Å². The molecule has 0 radical (unpaired) electrons. The molecule has 0 saturated heterocycles. The van der Waals surface area contributed by atoms with Crippen molar-refractivity contribution in [2.24, 2.45) is 5.73 Å². The van der Waals surface area contributed by atoms with Crippen molar-refractivity contribution in [3.8, 4) is 0 Å². The first-order valence-corrected chi connectivity index (χ1v) is 5.05. The third kappa shape index (κ3) is 4.88. The van der Waals surface area contributed by atoms with Crippen LogP contribution in [0.25, 0.3) is 0 Å². The van der Waals surface area contributed by atoms with E-state index in [1.165, 1.54) is 12.1 Å². The Labute approximate surface area is 89.1 Å². The molecule has 0 spiro atoms. The summed E-state index contributed by atoms with van der Waals surface area (Å²) < 4.78 is 12.8. The highest BCUT2D eigenvalue weighted by Gasteiger charge is 1.99. The number of aliphatic hydroxyl groups excluding tert-OH is 1. The number of aliphatic hydroxyl groups is 1. The average molecular weight is 212 g/mol. The molecule has 1 aromatic carbocycles. The van der Waals surface area contributed by atoms with Crippen molar-refractivity contribution in [1.82, 2.24) is 5.32 Å². The van der Waals surface area contributed by atoms with Gasteiger partial charge in [-0.05, 0) is 30.7 Å². The van der Waals surface area contributed by atoms with E-state index in [1.807, 2.05) is 6.07 Å². The number of halogens is 1. The van der Waals surface area contributed by atoms with Gasteiger partial charge in [0, 0.05) is 13.1 Å². The molecule has 4 heteroatoms. The van der Waals surface area contributed by atoms with Gasteiger partial charge in [-0.1, -0.05) is 12.1 Å². The van der Waals surface area contributed by atoms with E-state index in [-0.39, 0.29) is 12.4 Å². The van der Waals surface area contributed by atoms with E-state index in [9.17, 15) is 4.39 Å². The summed E-state index contributed by atoms with van der Waals surface area (Å²) in [4.78, 5) is 0. The summed E-state index contributed by atoms with van der Waals surface area (Å²) in [5.74, 6) is -0.213. The molecule has 0 aliphatic carbocycles. The van der Waals surface area contributed by atoms with Gasteiger partial charge < -0.3 is 16.2 Å². The second-order valence-electron chi connectivity index (χ2n) is 3.47. The highest BCUT2D eigenvalue weighted by atomic mass is 19.1. The van der Waals surface area contributed by atoms with Crippen LogP contribution in [0.3, 0.4) is 0 Å². The van der Waals surface area contributed by atoms with Gasteiger partial charge in [0.25, 0.3) is 0 Å². The number of hydrogen-bond donors (Lipinski definition) is 3. The number of nitrogens with two attached hydrogens (primary N) is 1. The molecule has 0 bridgehead atoms. The summed E-state index contributed by atoms with van der Waals surface area (Å²) in [5.41, 5.74) is 6.19. The highest BCUT2D eigenvalue weighted by molar-refractivity contribution is 5.16. The zero-order valence-electron chi connectivity index (χ0n) is 8.62. The lowest BCUT2D eigenvalue weighted by molar-refractivity contribution is 0.180. The van der Waals surface area contributed by atoms with Gasteiger partial charge >= 0.3 is 0 Å². The van der Waals surface area contributed by atoms with Crippen LogP contribution in [-0.2, 0) is 6.42 Å². The molecular formula is C11H17FN2O. The summed E-state index contributed by atoms with van der Waals surface area (Å²) in [6, 6.07) is 6.51. The first-order valence-electron chi connectivity index (χ1n) is 5.05. The van der Waals surface area contributed by atoms with Crippen LogP contribution >= 0.6 is 0 Å². The van der Waals surface area contributed by atoms with Crippen LogP contribution < -0.4 is 11.1 Å². The molecule has 0 aliphatic rings. The highest BCUT2D eigenvalue weighted by Crippen LogP contribution is 2.03. The summed E-state index contributed by atoms with van der Waals surface area (Å²) in [6.07, 6.45) is 0.243. The Morgan fingerprint density at radius 3 is 2.93 bits per heavy atom. The van der Waals surface area contributed by atoms with Crippen molar-refractivity contribution >= 4 is 0 Å². The van der Waals surface area contributed by atoms with Gasteiger partial charge in [-0.15, -0.1) is 0 Å². The Morgan fingerprint density at radius 1 is 1.47 bits per heavy atom. The molecule has 1 aromatic rings. The van der Waals surface area contributed by atoms with Gasteiger partial charge in [-0.3, -0.25) is 0 Å². The maximum absolute atomic E-state index is 12.8. The third-order valence-electron chi connectivity index (χ3n) is 2.13. The molecule has 0 aliphatic heterocycles. The van der Waals surface area contributed by atoms with Gasteiger partial charge in [-0.25, -0.2) is 4.39 Å². The maximum Gasteiger partial charge on any atom is 0.123 e. The Hall–Kier alpha value is -0.970. The van der Waals surface area contributed by atoms with Gasteiger partial charge in [0.05, 0.1) is 6.10 Å². The second-order valence-corrected chi connectivity index (χ2v) is 3.47. The van der Waals surface area contributed by atoms with Crippen molar-refractivity contribution in [3.05, 3.63) is 35.6 Å².